The standard InChI is InChI=1S/C28H41N5O5/c1-20(2)19-24(26(34)31-33(17-10-16-29)28(36)21(3)30)23(14-9-13-22-11-5-4-6-12-22)27(35)32-38-25-15-7-8-18-37-25/h4-6,9,11-13,20-21,23-25H,7-8,10,14-15,17-19,30H2,1-3H3,(H,31,34)(H,32,35)/b13-9+/t21-,23+,24-,25?/m1/s1. The van der Waals surface area contributed by atoms with Crippen molar-refractivity contribution in [1.82, 2.24) is 15.9 Å². The summed E-state index contributed by atoms with van der Waals surface area (Å²) in [5, 5.41) is 10.1. The third-order valence-corrected chi connectivity index (χ3v) is 6.16. The maximum Gasteiger partial charge on any atom is 0.257 e. The molecule has 1 aliphatic heterocycles. The molecule has 4 N–H and O–H groups in total. The third kappa shape index (κ3) is 10.6. The number of nitrogens with one attached hydrogen (secondary N) is 2. The summed E-state index contributed by atoms with van der Waals surface area (Å²) in [5.41, 5.74) is 11.9. The normalized spacial score (nSPS) is 17.8. The van der Waals surface area contributed by atoms with Gasteiger partial charge in [-0.3, -0.25) is 24.8 Å². The van der Waals surface area contributed by atoms with Gasteiger partial charge in [-0.25, -0.2) is 10.3 Å². The van der Waals surface area contributed by atoms with Crippen molar-refractivity contribution in [2.45, 2.75) is 71.6 Å². The Morgan fingerprint density at radius 2 is 1.92 bits per heavy atom. The summed E-state index contributed by atoms with van der Waals surface area (Å²) in [4.78, 5) is 45.1. The predicted octanol–water partition coefficient (Wildman–Crippen LogP) is 3.06. The number of amides is 3. The summed E-state index contributed by atoms with van der Waals surface area (Å²) in [5.74, 6) is -2.94. The van der Waals surface area contributed by atoms with E-state index in [4.69, 9.17) is 20.6 Å². The fourth-order valence-corrected chi connectivity index (χ4v) is 4.18. The molecule has 3 amide bonds. The Morgan fingerprint density at radius 3 is 2.53 bits per heavy atom. The summed E-state index contributed by atoms with van der Waals surface area (Å²) in [6.07, 6.45) is 6.45. The lowest BCUT2D eigenvalue weighted by Gasteiger charge is -2.31. The summed E-state index contributed by atoms with van der Waals surface area (Å²) in [6.45, 7) is 5.98. The van der Waals surface area contributed by atoms with Gasteiger partial charge in [0.25, 0.3) is 5.91 Å². The first-order chi connectivity index (χ1) is 18.2. The van der Waals surface area contributed by atoms with Crippen LogP contribution in [0, 0.1) is 29.1 Å². The van der Waals surface area contributed by atoms with E-state index in [1.807, 2.05) is 62.4 Å². The van der Waals surface area contributed by atoms with Crippen LogP contribution in [0.2, 0.25) is 0 Å². The second-order valence-corrected chi connectivity index (χ2v) is 9.93. The number of nitriles is 1. The number of benzene rings is 1. The fourth-order valence-electron chi connectivity index (χ4n) is 4.18. The number of hydrogen-bond acceptors (Lipinski definition) is 7. The number of allylic oxidation sites excluding steroid dienone is 1. The van der Waals surface area contributed by atoms with E-state index in [9.17, 15) is 14.4 Å². The molecule has 0 saturated carbocycles. The van der Waals surface area contributed by atoms with Gasteiger partial charge in [-0.1, -0.05) is 56.3 Å². The lowest BCUT2D eigenvalue weighted by atomic mass is 9.82. The van der Waals surface area contributed by atoms with Gasteiger partial charge in [0.1, 0.15) is 0 Å². The first-order valence-electron chi connectivity index (χ1n) is 13.3. The molecule has 0 aliphatic carbocycles. The number of carbonyl (C=O) groups excluding carboxylic acids is 3. The number of nitrogens with two attached hydrogens (primary N) is 1. The van der Waals surface area contributed by atoms with Crippen LogP contribution in [0.5, 0.6) is 0 Å². The zero-order valence-electron chi connectivity index (χ0n) is 22.6. The van der Waals surface area contributed by atoms with Crippen LogP contribution in [0.15, 0.2) is 36.4 Å². The maximum absolute atomic E-state index is 13.6. The van der Waals surface area contributed by atoms with Crippen molar-refractivity contribution in [3.63, 3.8) is 0 Å². The third-order valence-electron chi connectivity index (χ3n) is 6.16. The Kier molecular flexibility index (Phi) is 13.5. The molecule has 10 nitrogen and oxygen atoms in total. The van der Waals surface area contributed by atoms with E-state index in [1.165, 1.54) is 6.92 Å². The van der Waals surface area contributed by atoms with Gasteiger partial charge in [0.2, 0.25) is 11.8 Å². The summed E-state index contributed by atoms with van der Waals surface area (Å²) < 4.78 is 5.55. The van der Waals surface area contributed by atoms with E-state index in [-0.39, 0.29) is 25.3 Å². The highest BCUT2D eigenvalue weighted by Crippen LogP contribution is 2.26. The van der Waals surface area contributed by atoms with E-state index in [2.05, 4.69) is 10.9 Å². The zero-order valence-corrected chi connectivity index (χ0v) is 22.6. The quantitative estimate of drug-likeness (QED) is 0.334. The average Bonchev–Trinajstić information content (AvgIpc) is 2.91. The second-order valence-electron chi connectivity index (χ2n) is 9.93. The van der Waals surface area contributed by atoms with Gasteiger partial charge < -0.3 is 10.5 Å². The minimum Gasteiger partial charge on any atom is -0.350 e. The lowest BCUT2D eigenvalue weighted by molar-refractivity contribution is -0.203. The van der Waals surface area contributed by atoms with Crippen LogP contribution in [-0.2, 0) is 24.0 Å². The first-order valence-corrected chi connectivity index (χ1v) is 13.3. The van der Waals surface area contributed by atoms with Gasteiger partial charge in [-0.05, 0) is 44.1 Å². The molecule has 1 aliphatic rings. The Balaban J connectivity index is 2.27. The molecule has 0 radical (unpaired) electrons. The Labute approximate surface area is 225 Å². The van der Waals surface area contributed by atoms with Crippen LogP contribution in [0.1, 0.15) is 64.9 Å². The monoisotopic (exact) mass is 527 g/mol. The molecule has 1 saturated heterocycles. The van der Waals surface area contributed by atoms with Crippen molar-refractivity contribution in [2.24, 2.45) is 23.5 Å². The average molecular weight is 528 g/mol. The summed E-state index contributed by atoms with van der Waals surface area (Å²) in [7, 11) is 0. The Bertz CT molecular complexity index is 954. The van der Waals surface area contributed by atoms with Gasteiger partial charge in [0.05, 0.1) is 36.9 Å². The lowest BCUT2D eigenvalue weighted by Crippen LogP contribution is -2.55. The predicted molar refractivity (Wildman–Crippen MR) is 143 cm³/mol. The molecule has 10 heteroatoms. The Morgan fingerprint density at radius 1 is 1.18 bits per heavy atom. The van der Waals surface area contributed by atoms with Crippen LogP contribution in [0.3, 0.4) is 0 Å². The van der Waals surface area contributed by atoms with Crippen molar-refractivity contribution in [3.8, 4) is 6.07 Å². The highest BCUT2D eigenvalue weighted by atomic mass is 16.8. The number of ether oxygens (including phenoxy) is 1. The van der Waals surface area contributed by atoms with Crippen LogP contribution >= 0.6 is 0 Å². The molecule has 2 rings (SSSR count). The molecule has 208 valence electrons. The molecular formula is C28H41N5O5. The molecule has 1 heterocycles. The molecule has 0 spiro atoms. The Hall–Kier alpha value is -3.26. The number of nitrogens with zero attached hydrogens (tertiary/aromatic N) is 2. The number of carbonyl (C=O) groups is 3. The van der Waals surface area contributed by atoms with Gasteiger partial charge in [0, 0.05) is 13.0 Å². The molecule has 0 bridgehead atoms. The number of rotatable bonds is 13. The zero-order chi connectivity index (χ0) is 27.9. The summed E-state index contributed by atoms with van der Waals surface area (Å²) in [6, 6.07) is 10.8. The second kappa shape index (κ2) is 16.6. The largest absolute Gasteiger partial charge is 0.350 e. The van der Waals surface area contributed by atoms with Gasteiger partial charge >= 0.3 is 0 Å². The molecular weight excluding hydrogens is 486 g/mol. The molecule has 1 fully saturated rings. The highest BCUT2D eigenvalue weighted by Gasteiger charge is 2.35. The van der Waals surface area contributed by atoms with Crippen LogP contribution in [0.4, 0.5) is 0 Å². The minimum absolute atomic E-state index is 0.0100. The van der Waals surface area contributed by atoms with E-state index in [1.54, 1.807) is 0 Å². The van der Waals surface area contributed by atoms with Gasteiger partial charge in [-0.2, -0.15) is 5.26 Å². The number of hydrazine groups is 1. The highest BCUT2D eigenvalue weighted by molar-refractivity contribution is 5.89. The van der Waals surface area contributed by atoms with Crippen molar-refractivity contribution in [1.29, 1.82) is 5.26 Å². The van der Waals surface area contributed by atoms with E-state index < -0.39 is 41.9 Å². The van der Waals surface area contributed by atoms with Gasteiger partial charge in [-0.15, -0.1) is 0 Å². The van der Waals surface area contributed by atoms with Crippen LogP contribution in [0.25, 0.3) is 6.08 Å². The first kappa shape index (κ1) is 31.0. The SMILES string of the molecule is CC(C)C[C@@H](C(=O)NN(CCC#N)C(=O)[C@@H](C)N)[C@H](C/C=C/c1ccccc1)C(=O)NOC1CCCCO1. The van der Waals surface area contributed by atoms with Crippen LogP contribution in [-0.4, -0.2) is 48.2 Å². The van der Waals surface area contributed by atoms with E-state index in [0.717, 1.165) is 23.4 Å². The molecule has 1 unspecified atom stereocenters. The molecule has 1 aromatic carbocycles. The summed E-state index contributed by atoms with van der Waals surface area (Å²) >= 11 is 0. The van der Waals surface area contributed by atoms with E-state index >= 15 is 0 Å². The minimum atomic E-state index is -0.866. The van der Waals surface area contributed by atoms with Crippen molar-refractivity contribution < 1.29 is 24.0 Å². The van der Waals surface area contributed by atoms with E-state index in [0.29, 0.717) is 19.4 Å². The van der Waals surface area contributed by atoms with Crippen LogP contribution < -0.4 is 16.6 Å². The number of hydrogen-bond donors (Lipinski definition) is 3. The maximum atomic E-state index is 13.6. The van der Waals surface area contributed by atoms with Gasteiger partial charge in [0.15, 0.2) is 6.29 Å². The molecule has 1 aromatic rings. The smallest absolute Gasteiger partial charge is 0.257 e. The molecule has 38 heavy (non-hydrogen) atoms. The van der Waals surface area contributed by atoms with Crippen molar-refractivity contribution >= 4 is 23.8 Å². The van der Waals surface area contributed by atoms with Crippen molar-refractivity contribution in [2.75, 3.05) is 13.2 Å². The number of hydroxylamine groups is 1. The molecule has 4 atom stereocenters. The van der Waals surface area contributed by atoms with Crippen molar-refractivity contribution in [3.05, 3.63) is 42.0 Å². The fraction of sp³-hybridized carbons (Fsp3) is 0.571. The topological polar surface area (TPSA) is 147 Å². The molecule has 0 aromatic heterocycles.